The van der Waals surface area contributed by atoms with Crippen LogP contribution >= 0.6 is 0 Å². The Balaban J connectivity index is 1.30. The quantitative estimate of drug-likeness (QED) is 0.497. The summed E-state index contributed by atoms with van der Waals surface area (Å²) in [5.41, 5.74) is 3.64. The van der Waals surface area contributed by atoms with E-state index in [1.807, 2.05) is 49.5 Å². The van der Waals surface area contributed by atoms with Crippen molar-refractivity contribution in [3.63, 3.8) is 0 Å². The number of likely N-dealkylation sites (N-methyl/N-ethyl adjacent to an activating group) is 1. The lowest BCUT2D eigenvalue weighted by molar-refractivity contribution is 0.312. The van der Waals surface area contributed by atoms with Crippen LogP contribution in [0.3, 0.4) is 0 Å². The van der Waals surface area contributed by atoms with E-state index in [1.54, 1.807) is 12.4 Å². The first-order chi connectivity index (χ1) is 15.7. The van der Waals surface area contributed by atoms with Crippen LogP contribution in [0.1, 0.15) is 5.56 Å². The van der Waals surface area contributed by atoms with Crippen LogP contribution in [-0.4, -0.2) is 63.3 Å². The molecule has 162 valence electrons. The molecule has 1 fully saturated rings. The highest BCUT2D eigenvalue weighted by Crippen LogP contribution is 2.26. The van der Waals surface area contributed by atoms with Crippen LogP contribution in [0.2, 0.25) is 0 Å². The predicted octanol–water partition coefficient (Wildman–Crippen LogP) is 3.36. The second kappa shape index (κ2) is 8.72. The van der Waals surface area contributed by atoms with Crippen LogP contribution in [0.25, 0.3) is 10.9 Å². The Morgan fingerprint density at radius 2 is 1.78 bits per heavy atom. The first-order valence-electron chi connectivity index (χ1n) is 10.6. The van der Waals surface area contributed by atoms with E-state index in [-0.39, 0.29) is 0 Å². The minimum Gasteiger partial charge on any atom is -0.354 e. The molecule has 0 amide bonds. The van der Waals surface area contributed by atoms with Gasteiger partial charge in [0.15, 0.2) is 0 Å². The fraction of sp³-hybridized carbons (Fsp3) is 0.261. The maximum absolute atomic E-state index is 4.61. The van der Waals surface area contributed by atoms with E-state index in [1.165, 1.54) is 0 Å². The lowest BCUT2D eigenvalue weighted by atomic mass is 10.1. The number of hydrogen-bond acceptors (Lipinski definition) is 9. The molecule has 1 saturated heterocycles. The smallest absolute Gasteiger partial charge is 0.229 e. The van der Waals surface area contributed by atoms with Crippen molar-refractivity contribution < 1.29 is 0 Å². The second-order valence-corrected chi connectivity index (χ2v) is 7.94. The Labute approximate surface area is 186 Å². The molecule has 5 rings (SSSR count). The van der Waals surface area contributed by atoms with E-state index in [0.29, 0.717) is 11.8 Å². The lowest BCUT2D eigenvalue weighted by Gasteiger charge is -2.33. The third-order valence-electron chi connectivity index (χ3n) is 5.62. The SMILES string of the molecule is Cc1cccc2c(Nc3ccnc(Nc4ccc(N5CCN(C)CC5)nc4)n3)cnnc12. The van der Waals surface area contributed by atoms with E-state index < -0.39 is 0 Å². The summed E-state index contributed by atoms with van der Waals surface area (Å²) in [4.78, 5) is 18.2. The molecule has 9 nitrogen and oxygen atoms in total. The zero-order valence-electron chi connectivity index (χ0n) is 18.2. The van der Waals surface area contributed by atoms with Crippen LogP contribution < -0.4 is 15.5 Å². The van der Waals surface area contributed by atoms with Gasteiger partial charge in [-0.2, -0.15) is 15.2 Å². The molecule has 4 aromatic rings. The van der Waals surface area contributed by atoms with Gasteiger partial charge in [0.25, 0.3) is 0 Å². The van der Waals surface area contributed by atoms with Gasteiger partial charge >= 0.3 is 0 Å². The van der Waals surface area contributed by atoms with Crippen LogP contribution in [0.4, 0.5) is 29.0 Å². The van der Waals surface area contributed by atoms with Crippen molar-refractivity contribution in [2.75, 3.05) is 48.8 Å². The predicted molar refractivity (Wildman–Crippen MR) is 127 cm³/mol. The summed E-state index contributed by atoms with van der Waals surface area (Å²) in [5.74, 6) is 2.15. The molecule has 0 saturated carbocycles. The van der Waals surface area contributed by atoms with Gasteiger partial charge in [0.05, 0.1) is 29.3 Å². The number of benzene rings is 1. The van der Waals surface area contributed by atoms with E-state index in [9.17, 15) is 0 Å². The maximum Gasteiger partial charge on any atom is 0.229 e. The highest BCUT2D eigenvalue weighted by atomic mass is 15.3. The number of piperazine rings is 1. The van der Waals surface area contributed by atoms with Crippen molar-refractivity contribution in [1.29, 1.82) is 0 Å². The third-order valence-corrected chi connectivity index (χ3v) is 5.62. The van der Waals surface area contributed by atoms with E-state index in [2.05, 4.69) is 52.6 Å². The Morgan fingerprint density at radius 1 is 0.906 bits per heavy atom. The number of hydrogen-bond donors (Lipinski definition) is 2. The summed E-state index contributed by atoms with van der Waals surface area (Å²) in [6, 6.07) is 11.9. The van der Waals surface area contributed by atoms with Gasteiger partial charge in [-0.1, -0.05) is 18.2 Å². The van der Waals surface area contributed by atoms with Crippen LogP contribution in [0.5, 0.6) is 0 Å². The highest BCUT2D eigenvalue weighted by molar-refractivity contribution is 5.93. The van der Waals surface area contributed by atoms with Crippen molar-refractivity contribution >= 4 is 39.9 Å². The molecule has 0 radical (unpaired) electrons. The number of aryl methyl sites for hydroxylation is 1. The number of rotatable bonds is 5. The zero-order valence-corrected chi connectivity index (χ0v) is 18.2. The van der Waals surface area contributed by atoms with Crippen molar-refractivity contribution in [2.45, 2.75) is 6.92 Å². The molecule has 0 atom stereocenters. The van der Waals surface area contributed by atoms with Crippen molar-refractivity contribution in [1.82, 2.24) is 30.0 Å². The van der Waals surface area contributed by atoms with E-state index >= 15 is 0 Å². The second-order valence-electron chi connectivity index (χ2n) is 7.94. The third kappa shape index (κ3) is 4.28. The molecule has 0 bridgehead atoms. The number of nitrogens with zero attached hydrogens (tertiary/aromatic N) is 7. The number of nitrogens with one attached hydrogen (secondary N) is 2. The summed E-state index contributed by atoms with van der Waals surface area (Å²) < 4.78 is 0. The van der Waals surface area contributed by atoms with Crippen LogP contribution in [0, 0.1) is 6.92 Å². The number of anilines is 5. The molecule has 1 aliphatic rings. The molecular weight excluding hydrogens is 402 g/mol. The molecule has 1 aliphatic heterocycles. The first kappa shape index (κ1) is 20.1. The first-order valence-corrected chi connectivity index (χ1v) is 10.6. The standard InChI is InChI=1S/C23H25N9/c1-16-4-3-5-18-19(15-26-30-22(16)18)28-20-8-9-24-23(29-20)27-17-6-7-21(25-14-17)32-12-10-31(2)11-13-32/h3-9,14-15H,10-13H2,1-2H3,(H2,24,27,28,29,30). The Bertz CT molecular complexity index is 1220. The number of aromatic nitrogens is 5. The summed E-state index contributed by atoms with van der Waals surface area (Å²) in [6.07, 6.45) is 5.24. The summed E-state index contributed by atoms with van der Waals surface area (Å²) in [7, 11) is 2.15. The zero-order chi connectivity index (χ0) is 21.9. The Morgan fingerprint density at radius 3 is 2.59 bits per heavy atom. The topological polar surface area (TPSA) is 95.0 Å². The van der Waals surface area contributed by atoms with Crippen LogP contribution in [-0.2, 0) is 0 Å². The van der Waals surface area contributed by atoms with Gasteiger partial charge in [0.2, 0.25) is 5.95 Å². The van der Waals surface area contributed by atoms with Gasteiger partial charge in [-0.3, -0.25) is 0 Å². The summed E-state index contributed by atoms with van der Waals surface area (Å²) in [6.45, 7) is 6.11. The fourth-order valence-electron chi connectivity index (χ4n) is 3.76. The molecule has 3 aromatic heterocycles. The molecule has 0 spiro atoms. The molecule has 2 N–H and O–H groups in total. The van der Waals surface area contributed by atoms with Gasteiger partial charge in [-0.25, -0.2) is 9.97 Å². The normalized spacial score (nSPS) is 14.5. The lowest BCUT2D eigenvalue weighted by Crippen LogP contribution is -2.44. The summed E-state index contributed by atoms with van der Waals surface area (Å²) in [5, 5.41) is 15.9. The monoisotopic (exact) mass is 427 g/mol. The molecule has 32 heavy (non-hydrogen) atoms. The molecule has 0 unspecified atom stereocenters. The largest absolute Gasteiger partial charge is 0.354 e. The van der Waals surface area contributed by atoms with Gasteiger partial charge in [-0.15, -0.1) is 0 Å². The molecular formula is C23H25N9. The highest BCUT2D eigenvalue weighted by Gasteiger charge is 2.15. The van der Waals surface area contributed by atoms with Gasteiger partial charge in [0.1, 0.15) is 11.6 Å². The van der Waals surface area contributed by atoms with Gasteiger partial charge in [0, 0.05) is 37.8 Å². The maximum atomic E-state index is 4.61. The Kier molecular flexibility index (Phi) is 5.47. The average molecular weight is 428 g/mol. The van der Waals surface area contributed by atoms with Crippen molar-refractivity contribution in [3.8, 4) is 0 Å². The minimum absolute atomic E-state index is 0.492. The van der Waals surface area contributed by atoms with Crippen LogP contribution in [0.15, 0.2) is 55.0 Å². The average Bonchev–Trinajstić information content (AvgIpc) is 2.81. The molecule has 9 heteroatoms. The van der Waals surface area contributed by atoms with Crippen molar-refractivity contribution in [3.05, 3.63) is 60.6 Å². The van der Waals surface area contributed by atoms with Crippen molar-refractivity contribution in [2.24, 2.45) is 0 Å². The van der Waals surface area contributed by atoms with Gasteiger partial charge < -0.3 is 20.4 Å². The summed E-state index contributed by atoms with van der Waals surface area (Å²) >= 11 is 0. The van der Waals surface area contributed by atoms with E-state index in [0.717, 1.165) is 59.8 Å². The van der Waals surface area contributed by atoms with E-state index in [4.69, 9.17) is 0 Å². The molecule has 0 aliphatic carbocycles. The fourth-order valence-corrected chi connectivity index (χ4v) is 3.76. The number of pyridine rings is 1. The van der Waals surface area contributed by atoms with Gasteiger partial charge in [-0.05, 0) is 37.7 Å². The number of fused-ring (bicyclic) bond motifs is 1. The molecule has 1 aromatic carbocycles. The molecule has 4 heterocycles. The Hall–Kier alpha value is -3.85. The minimum atomic E-state index is 0.492.